The molecule has 2 heterocycles. The number of carbonyl (C=O) groups is 2. The van der Waals surface area contributed by atoms with E-state index in [0.29, 0.717) is 38.4 Å². The van der Waals surface area contributed by atoms with Gasteiger partial charge < -0.3 is 10.1 Å². The number of halogens is 1. The Labute approximate surface area is 239 Å². The minimum Gasteiger partial charge on any atom is -0.452 e. The van der Waals surface area contributed by atoms with Crippen LogP contribution in [0.5, 0.6) is 0 Å². The molecule has 0 spiro atoms. The summed E-state index contributed by atoms with van der Waals surface area (Å²) in [5.41, 5.74) is 5.89. The zero-order valence-corrected chi connectivity index (χ0v) is 22.9. The summed E-state index contributed by atoms with van der Waals surface area (Å²) >= 11 is 8.00. The van der Waals surface area contributed by atoms with Crippen molar-refractivity contribution in [2.24, 2.45) is 0 Å². The molecule has 1 N–H and O–H groups in total. The Kier molecular flexibility index (Phi) is 6.99. The van der Waals surface area contributed by atoms with E-state index in [-0.39, 0.29) is 0 Å². The van der Waals surface area contributed by atoms with Gasteiger partial charge in [0.1, 0.15) is 5.01 Å². The number of aromatic nitrogens is 2. The third kappa shape index (κ3) is 5.30. The number of anilines is 1. The van der Waals surface area contributed by atoms with Crippen molar-refractivity contribution in [3.63, 3.8) is 0 Å². The molecule has 0 saturated heterocycles. The van der Waals surface area contributed by atoms with Crippen LogP contribution in [0.2, 0.25) is 5.02 Å². The average Bonchev–Trinajstić information content (AvgIpc) is 3.39. The van der Waals surface area contributed by atoms with Gasteiger partial charge in [0.15, 0.2) is 6.61 Å². The fraction of sp³-hybridized carbons (Fsp3) is 0.0625. The number of esters is 1. The minimum atomic E-state index is -0.622. The van der Waals surface area contributed by atoms with Crippen LogP contribution in [0.4, 0.5) is 5.69 Å². The van der Waals surface area contributed by atoms with Gasteiger partial charge in [-0.25, -0.2) is 14.8 Å². The van der Waals surface area contributed by atoms with Crippen LogP contribution in [-0.4, -0.2) is 28.5 Å². The van der Waals surface area contributed by atoms with Gasteiger partial charge in [-0.05, 0) is 67.1 Å². The first-order chi connectivity index (χ1) is 19.4. The van der Waals surface area contributed by atoms with E-state index in [1.807, 2.05) is 60.7 Å². The van der Waals surface area contributed by atoms with Crippen LogP contribution in [0.25, 0.3) is 42.9 Å². The average molecular weight is 564 g/mol. The standard InChI is InChI=1S/C32H22ClN3O3S/c1-19-10-15-27-29(16-19)40-31(36-27)20-11-13-21(14-12-20)34-30(37)18-39-32(38)24-17-28(23-7-2-4-8-25(23)33)35-26-9-5-3-6-22(24)26/h2-17H,18H2,1H3,(H,34,37). The number of thiazole rings is 1. The number of ether oxygens (including phenoxy) is 1. The molecule has 1 amide bonds. The van der Waals surface area contributed by atoms with Crippen LogP contribution in [0, 0.1) is 6.92 Å². The first-order valence-electron chi connectivity index (χ1n) is 12.5. The van der Waals surface area contributed by atoms with Crippen LogP contribution in [0.15, 0.2) is 97.1 Å². The number of hydrogen-bond acceptors (Lipinski definition) is 6. The van der Waals surface area contributed by atoms with Crippen molar-refractivity contribution in [1.29, 1.82) is 0 Å². The molecule has 0 aliphatic heterocycles. The number of amides is 1. The number of pyridine rings is 1. The lowest BCUT2D eigenvalue weighted by Gasteiger charge is -2.11. The Balaban J connectivity index is 1.15. The van der Waals surface area contributed by atoms with Gasteiger partial charge >= 0.3 is 5.97 Å². The number of fused-ring (bicyclic) bond motifs is 2. The highest BCUT2D eigenvalue weighted by Gasteiger charge is 2.18. The van der Waals surface area contributed by atoms with Gasteiger partial charge in [0.2, 0.25) is 0 Å². The normalized spacial score (nSPS) is 11.1. The lowest BCUT2D eigenvalue weighted by atomic mass is 10.0. The molecule has 6 rings (SSSR count). The Bertz CT molecular complexity index is 1900. The van der Waals surface area contributed by atoms with E-state index in [1.165, 1.54) is 5.56 Å². The van der Waals surface area contributed by atoms with Gasteiger partial charge in [-0.2, -0.15) is 0 Å². The molecular formula is C32H22ClN3O3S. The molecule has 4 aromatic carbocycles. The number of nitrogens with one attached hydrogen (secondary N) is 1. The zero-order valence-electron chi connectivity index (χ0n) is 21.4. The van der Waals surface area contributed by atoms with E-state index in [4.69, 9.17) is 21.3 Å². The lowest BCUT2D eigenvalue weighted by molar-refractivity contribution is -0.119. The topological polar surface area (TPSA) is 81.2 Å². The van der Waals surface area contributed by atoms with E-state index >= 15 is 0 Å². The van der Waals surface area contributed by atoms with Gasteiger partial charge in [0.05, 0.1) is 27.0 Å². The molecule has 0 radical (unpaired) electrons. The summed E-state index contributed by atoms with van der Waals surface area (Å²) in [5.74, 6) is -1.07. The fourth-order valence-electron chi connectivity index (χ4n) is 4.41. The first kappa shape index (κ1) is 25.7. The van der Waals surface area contributed by atoms with Crippen molar-refractivity contribution in [3.05, 3.63) is 113 Å². The third-order valence-corrected chi connectivity index (χ3v) is 7.78. The monoisotopic (exact) mass is 563 g/mol. The molecule has 8 heteroatoms. The second-order valence-electron chi connectivity index (χ2n) is 9.24. The Hall–Kier alpha value is -4.59. The van der Waals surface area contributed by atoms with Gasteiger partial charge in [-0.15, -0.1) is 11.3 Å². The first-order valence-corrected chi connectivity index (χ1v) is 13.7. The Morgan fingerprint density at radius 1 is 0.875 bits per heavy atom. The number of benzene rings is 4. The van der Waals surface area contributed by atoms with Crippen LogP contribution in [0.3, 0.4) is 0 Å². The van der Waals surface area contributed by atoms with E-state index in [9.17, 15) is 9.59 Å². The molecule has 196 valence electrons. The summed E-state index contributed by atoms with van der Waals surface area (Å²) in [5, 5.41) is 4.84. The predicted molar refractivity (Wildman–Crippen MR) is 161 cm³/mol. The predicted octanol–water partition coefficient (Wildman–Crippen LogP) is 7.94. The largest absolute Gasteiger partial charge is 0.452 e. The molecule has 0 fully saturated rings. The van der Waals surface area contributed by atoms with E-state index in [2.05, 4.69) is 23.3 Å². The van der Waals surface area contributed by atoms with E-state index < -0.39 is 18.5 Å². The van der Waals surface area contributed by atoms with Crippen LogP contribution in [-0.2, 0) is 9.53 Å². The summed E-state index contributed by atoms with van der Waals surface area (Å²) in [7, 11) is 0. The van der Waals surface area contributed by atoms with Crippen molar-refractivity contribution in [1.82, 2.24) is 9.97 Å². The van der Waals surface area contributed by atoms with Gasteiger partial charge in [-0.3, -0.25) is 4.79 Å². The molecule has 0 aliphatic rings. The number of para-hydroxylation sites is 1. The van der Waals surface area contributed by atoms with Gasteiger partial charge in [-0.1, -0.05) is 54.1 Å². The van der Waals surface area contributed by atoms with Crippen LogP contribution in [0.1, 0.15) is 15.9 Å². The molecule has 2 aromatic heterocycles. The van der Waals surface area contributed by atoms with Gasteiger partial charge in [0.25, 0.3) is 5.91 Å². The quantitative estimate of drug-likeness (QED) is 0.208. The molecule has 0 atom stereocenters. The second kappa shape index (κ2) is 10.9. The third-order valence-electron chi connectivity index (χ3n) is 6.38. The SMILES string of the molecule is Cc1ccc2nc(-c3ccc(NC(=O)COC(=O)c4cc(-c5ccccc5Cl)nc5ccccc45)cc3)sc2c1. The van der Waals surface area contributed by atoms with Crippen LogP contribution >= 0.6 is 22.9 Å². The fourth-order valence-corrected chi connectivity index (χ4v) is 5.71. The summed E-state index contributed by atoms with van der Waals surface area (Å²) in [6.07, 6.45) is 0. The maximum atomic E-state index is 13.1. The number of nitrogens with zero attached hydrogens (tertiary/aromatic N) is 2. The Morgan fingerprint density at radius 3 is 2.48 bits per heavy atom. The summed E-state index contributed by atoms with van der Waals surface area (Å²) in [6.45, 7) is 1.63. The highest BCUT2D eigenvalue weighted by molar-refractivity contribution is 7.21. The molecule has 0 saturated carbocycles. The number of aryl methyl sites for hydroxylation is 1. The van der Waals surface area contributed by atoms with E-state index in [1.54, 1.807) is 41.7 Å². The molecule has 0 aliphatic carbocycles. The highest BCUT2D eigenvalue weighted by atomic mass is 35.5. The molecular weight excluding hydrogens is 542 g/mol. The summed E-state index contributed by atoms with van der Waals surface area (Å²) in [6, 6.07) is 29.8. The molecule has 6 aromatic rings. The zero-order chi connectivity index (χ0) is 27.6. The van der Waals surface area contributed by atoms with Crippen LogP contribution < -0.4 is 5.32 Å². The van der Waals surface area contributed by atoms with Gasteiger partial charge in [0, 0.05) is 27.2 Å². The van der Waals surface area contributed by atoms with Crippen molar-refractivity contribution in [2.75, 3.05) is 11.9 Å². The van der Waals surface area contributed by atoms with E-state index in [0.717, 1.165) is 20.8 Å². The van der Waals surface area contributed by atoms with Crippen molar-refractivity contribution in [3.8, 4) is 21.8 Å². The maximum Gasteiger partial charge on any atom is 0.339 e. The Morgan fingerprint density at radius 2 is 1.65 bits per heavy atom. The smallest absolute Gasteiger partial charge is 0.339 e. The minimum absolute atomic E-state index is 0.309. The molecule has 6 nitrogen and oxygen atoms in total. The molecule has 40 heavy (non-hydrogen) atoms. The lowest BCUT2D eigenvalue weighted by Crippen LogP contribution is -2.21. The number of hydrogen-bond donors (Lipinski definition) is 1. The van der Waals surface area contributed by atoms with Crippen molar-refractivity contribution in [2.45, 2.75) is 6.92 Å². The number of carbonyl (C=O) groups excluding carboxylic acids is 2. The van der Waals surface area contributed by atoms with Crippen molar-refractivity contribution >= 4 is 61.6 Å². The second-order valence-corrected chi connectivity index (χ2v) is 10.7. The summed E-state index contributed by atoms with van der Waals surface area (Å²) in [4.78, 5) is 35.1. The number of rotatable bonds is 6. The molecule has 0 bridgehead atoms. The maximum absolute atomic E-state index is 13.1. The highest BCUT2D eigenvalue weighted by Crippen LogP contribution is 2.32. The molecule has 0 unspecified atom stereocenters. The summed E-state index contributed by atoms with van der Waals surface area (Å²) < 4.78 is 6.54. The van der Waals surface area contributed by atoms with Crippen molar-refractivity contribution < 1.29 is 14.3 Å².